The molecule has 116 valence electrons. The summed E-state index contributed by atoms with van der Waals surface area (Å²) >= 11 is 1.40. The summed E-state index contributed by atoms with van der Waals surface area (Å²) in [6.45, 7) is 0.750. The van der Waals surface area contributed by atoms with Crippen molar-refractivity contribution in [2.45, 2.75) is 0 Å². The molecule has 0 unspecified atom stereocenters. The van der Waals surface area contributed by atoms with Gasteiger partial charge in [0, 0.05) is 24.2 Å². The fraction of sp³-hybridized carbons (Fsp3) is 0.235. The predicted octanol–water partition coefficient (Wildman–Crippen LogP) is 3.13. The number of benzene rings is 1. The fourth-order valence-corrected chi connectivity index (χ4v) is 2.78. The van der Waals surface area contributed by atoms with Gasteiger partial charge in [-0.05, 0) is 35.9 Å². The number of nitrogens with zero attached hydrogens (tertiary/aromatic N) is 1. The van der Waals surface area contributed by atoms with Crippen LogP contribution in [-0.2, 0) is 4.74 Å². The maximum atomic E-state index is 11.4. The summed E-state index contributed by atoms with van der Waals surface area (Å²) in [5.74, 6) is -0.305. The van der Waals surface area contributed by atoms with E-state index in [1.165, 1.54) is 18.4 Å². The third-order valence-corrected chi connectivity index (χ3v) is 4.25. The third kappa shape index (κ3) is 4.19. The first-order chi connectivity index (χ1) is 10.6. The van der Waals surface area contributed by atoms with Crippen LogP contribution in [0.2, 0.25) is 0 Å². The monoisotopic (exact) mass is 317 g/mol. The molecular formula is C17H19NO3S. The van der Waals surface area contributed by atoms with Crippen molar-refractivity contribution in [3.63, 3.8) is 0 Å². The average molecular weight is 317 g/mol. The van der Waals surface area contributed by atoms with Crippen LogP contribution in [0.1, 0.15) is 20.1 Å². The summed E-state index contributed by atoms with van der Waals surface area (Å²) in [5, 5.41) is 8.94. The van der Waals surface area contributed by atoms with Crippen molar-refractivity contribution in [1.29, 1.82) is 0 Å². The molecule has 2 rings (SSSR count). The number of carbonyl (C=O) groups is 1. The van der Waals surface area contributed by atoms with E-state index >= 15 is 0 Å². The van der Waals surface area contributed by atoms with E-state index in [-0.39, 0.29) is 12.6 Å². The molecule has 0 radical (unpaired) electrons. The van der Waals surface area contributed by atoms with E-state index in [0.29, 0.717) is 11.4 Å². The van der Waals surface area contributed by atoms with Gasteiger partial charge >= 0.3 is 5.97 Å². The van der Waals surface area contributed by atoms with Crippen LogP contribution >= 0.6 is 11.3 Å². The molecule has 1 aromatic heterocycles. The maximum absolute atomic E-state index is 11.4. The van der Waals surface area contributed by atoms with Gasteiger partial charge in [0.15, 0.2) is 0 Å². The third-order valence-electron chi connectivity index (χ3n) is 3.22. The summed E-state index contributed by atoms with van der Waals surface area (Å²) in [7, 11) is 3.33. The lowest BCUT2D eigenvalue weighted by molar-refractivity contribution is 0.0606. The molecule has 1 heterocycles. The summed E-state index contributed by atoms with van der Waals surface area (Å²) in [6.07, 6.45) is 3.98. The first-order valence-corrected chi connectivity index (χ1v) is 7.74. The Bertz CT molecular complexity index is 646. The number of thiophene rings is 1. The van der Waals surface area contributed by atoms with Crippen LogP contribution in [0, 0.1) is 0 Å². The number of hydrogen-bond acceptors (Lipinski definition) is 5. The molecule has 0 aliphatic rings. The van der Waals surface area contributed by atoms with Crippen molar-refractivity contribution in [3.8, 4) is 0 Å². The van der Waals surface area contributed by atoms with Crippen molar-refractivity contribution in [2.24, 2.45) is 0 Å². The van der Waals surface area contributed by atoms with Gasteiger partial charge in [0.2, 0.25) is 0 Å². The number of anilines is 1. The first-order valence-electron chi connectivity index (χ1n) is 6.92. The second kappa shape index (κ2) is 7.77. The zero-order valence-corrected chi connectivity index (χ0v) is 13.5. The van der Waals surface area contributed by atoms with Gasteiger partial charge in [0.25, 0.3) is 0 Å². The number of rotatable bonds is 6. The topological polar surface area (TPSA) is 49.8 Å². The standard InChI is InChI=1S/C17H19NO3S/c1-18(11-12-19)14-6-3-13(4-7-14)5-8-15-9-10-16(22-15)17(20)21-2/h3-10,19H,11-12H2,1-2H3/b8-5+. The molecule has 0 amide bonds. The number of hydrogen-bond donors (Lipinski definition) is 1. The van der Waals surface area contributed by atoms with Gasteiger partial charge in [-0.2, -0.15) is 0 Å². The Hall–Kier alpha value is -2.11. The second-order valence-corrected chi connectivity index (χ2v) is 5.88. The van der Waals surface area contributed by atoms with Gasteiger partial charge in [0.1, 0.15) is 4.88 Å². The number of ether oxygens (including phenoxy) is 1. The number of methoxy groups -OCH3 is 1. The van der Waals surface area contributed by atoms with Crippen molar-refractivity contribution >= 4 is 35.1 Å². The van der Waals surface area contributed by atoms with Gasteiger partial charge in [0.05, 0.1) is 13.7 Å². The summed E-state index contributed by atoms with van der Waals surface area (Å²) < 4.78 is 4.69. The van der Waals surface area contributed by atoms with Crippen LogP contribution in [-0.4, -0.2) is 38.4 Å². The average Bonchev–Trinajstić information content (AvgIpc) is 3.02. The molecule has 0 atom stereocenters. The Morgan fingerprint density at radius 2 is 1.95 bits per heavy atom. The number of aliphatic hydroxyl groups is 1. The van der Waals surface area contributed by atoms with E-state index in [4.69, 9.17) is 9.84 Å². The van der Waals surface area contributed by atoms with E-state index in [2.05, 4.69) is 0 Å². The smallest absolute Gasteiger partial charge is 0.348 e. The summed E-state index contributed by atoms with van der Waals surface area (Å²) in [5.41, 5.74) is 2.14. The SMILES string of the molecule is COC(=O)c1ccc(/C=C/c2ccc(N(C)CCO)cc2)s1. The van der Waals surface area contributed by atoms with Crippen molar-refractivity contribution in [2.75, 3.05) is 32.2 Å². The molecule has 0 fully saturated rings. The second-order valence-electron chi connectivity index (χ2n) is 4.76. The van der Waals surface area contributed by atoms with Gasteiger partial charge < -0.3 is 14.7 Å². The van der Waals surface area contributed by atoms with Gasteiger partial charge in [-0.15, -0.1) is 11.3 Å². The molecule has 22 heavy (non-hydrogen) atoms. The molecule has 1 N–H and O–H groups in total. The van der Waals surface area contributed by atoms with Gasteiger partial charge in [-0.1, -0.05) is 18.2 Å². The summed E-state index contributed by atoms with van der Waals surface area (Å²) in [6, 6.07) is 11.7. The first kappa shape index (κ1) is 16.3. The number of carbonyl (C=O) groups excluding carboxylic acids is 1. The van der Waals surface area contributed by atoms with Crippen LogP contribution in [0.5, 0.6) is 0 Å². The molecule has 0 saturated heterocycles. The van der Waals surface area contributed by atoms with E-state index < -0.39 is 0 Å². The fourth-order valence-electron chi connectivity index (χ4n) is 1.95. The Morgan fingerprint density at radius 3 is 2.59 bits per heavy atom. The maximum Gasteiger partial charge on any atom is 0.348 e. The Kier molecular flexibility index (Phi) is 5.75. The number of esters is 1. The minimum Gasteiger partial charge on any atom is -0.465 e. The Labute approximate surface area is 134 Å². The minimum atomic E-state index is -0.305. The van der Waals surface area contributed by atoms with E-state index in [1.54, 1.807) is 6.07 Å². The van der Waals surface area contributed by atoms with Crippen molar-refractivity contribution < 1.29 is 14.6 Å². The Morgan fingerprint density at radius 1 is 1.23 bits per heavy atom. The zero-order chi connectivity index (χ0) is 15.9. The molecule has 0 aliphatic heterocycles. The van der Waals surface area contributed by atoms with Crippen molar-refractivity contribution in [1.82, 2.24) is 0 Å². The molecule has 0 spiro atoms. The van der Waals surface area contributed by atoms with Gasteiger partial charge in [-0.25, -0.2) is 4.79 Å². The molecule has 0 saturated carbocycles. The van der Waals surface area contributed by atoms with Crippen LogP contribution in [0.15, 0.2) is 36.4 Å². The minimum absolute atomic E-state index is 0.138. The van der Waals surface area contributed by atoms with E-state index in [9.17, 15) is 4.79 Å². The summed E-state index contributed by atoms with van der Waals surface area (Å²) in [4.78, 5) is 15.0. The predicted molar refractivity (Wildman–Crippen MR) is 91.4 cm³/mol. The highest BCUT2D eigenvalue weighted by molar-refractivity contribution is 7.14. The highest BCUT2D eigenvalue weighted by atomic mass is 32.1. The number of aliphatic hydroxyl groups excluding tert-OH is 1. The quantitative estimate of drug-likeness (QED) is 0.832. The van der Waals surface area contributed by atoms with Crippen molar-refractivity contribution in [3.05, 3.63) is 51.7 Å². The normalized spacial score (nSPS) is 10.9. The van der Waals surface area contributed by atoms with Gasteiger partial charge in [-0.3, -0.25) is 0 Å². The molecule has 5 heteroatoms. The molecule has 4 nitrogen and oxygen atoms in total. The van der Waals surface area contributed by atoms with Crippen LogP contribution < -0.4 is 4.90 Å². The molecule has 1 aromatic carbocycles. The van der Waals surface area contributed by atoms with E-state index in [1.807, 2.05) is 54.4 Å². The Balaban J connectivity index is 2.04. The lowest BCUT2D eigenvalue weighted by Gasteiger charge is -2.17. The molecule has 2 aromatic rings. The zero-order valence-electron chi connectivity index (χ0n) is 12.7. The largest absolute Gasteiger partial charge is 0.465 e. The van der Waals surface area contributed by atoms with Crippen LogP contribution in [0.25, 0.3) is 12.2 Å². The van der Waals surface area contributed by atoms with Crippen LogP contribution in [0.4, 0.5) is 5.69 Å². The molecular weight excluding hydrogens is 298 g/mol. The van der Waals surface area contributed by atoms with Crippen LogP contribution in [0.3, 0.4) is 0 Å². The lowest BCUT2D eigenvalue weighted by atomic mass is 10.2. The highest BCUT2D eigenvalue weighted by Crippen LogP contribution is 2.21. The lowest BCUT2D eigenvalue weighted by Crippen LogP contribution is -2.20. The highest BCUT2D eigenvalue weighted by Gasteiger charge is 2.07. The molecule has 0 aliphatic carbocycles. The van der Waals surface area contributed by atoms with E-state index in [0.717, 1.165) is 16.1 Å². The molecule has 0 bridgehead atoms. The number of likely N-dealkylation sites (N-methyl/N-ethyl adjacent to an activating group) is 1.